The number of nitrogens with one attached hydrogen (secondary N) is 2. The fraction of sp³-hybridized carbons (Fsp3) is 0.133. The number of amides is 1. The molecule has 2 aromatic rings. The van der Waals surface area contributed by atoms with Crippen LogP contribution in [-0.2, 0) is 14.8 Å². The Bertz CT molecular complexity index is 905. The van der Waals surface area contributed by atoms with Crippen LogP contribution in [0.5, 0.6) is 0 Å². The zero-order valence-corrected chi connectivity index (χ0v) is 17.4. The van der Waals surface area contributed by atoms with Crippen molar-refractivity contribution in [1.29, 1.82) is 0 Å². The van der Waals surface area contributed by atoms with E-state index in [2.05, 4.69) is 26.0 Å². The third kappa shape index (κ3) is 5.32. The fourth-order valence-electron chi connectivity index (χ4n) is 1.83. The number of halogens is 4. The van der Waals surface area contributed by atoms with Gasteiger partial charge in [0, 0.05) is 4.47 Å². The SMILES string of the molecule is C[C@H](NS(=O)(=O)c1ccc(Br)cc1)C(=O)Nc1cc(Cl)c(Cl)cc1Cl. The van der Waals surface area contributed by atoms with Gasteiger partial charge in [0.05, 0.1) is 31.7 Å². The van der Waals surface area contributed by atoms with Gasteiger partial charge >= 0.3 is 0 Å². The quantitative estimate of drug-likeness (QED) is 0.601. The highest BCUT2D eigenvalue weighted by molar-refractivity contribution is 9.10. The number of anilines is 1. The molecule has 0 saturated carbocycles. The van der Waals surface area contributed by atoms with Gasteiger partial charge in [-0.2, -0.15) is 4.72 Å². The van der Waals surface area contributed by atoms with Crippen LogP contribution in [0, 0.1) is 0 Å². The minimum atomic E-state index is -3.85. The van der Waals surface area contributed by atoms with Crippen molar-refractivity contribution < 1.29 is 13.2 Å². The molecule has 2 N–H and O–H groups in total. The molecule has 1 amide bonds. The van der Waals surface area contributed by atoms with E-state index in [0.717, 1.165) is 4.47 Å². The summed E-state index contributed by atoms with van der Waals surface area (Å²) in [6, 6.07) is 7.76. The van der Waals surface area contributed by atoms with Crippen LogP contribution < -0.4 is 10.0 Å². The summed E-state index contributed by atoms with van der Waals surface area (Å²) in [5.41, 5.74) is 0.232. The highest BCUT2D eigenvalue weighted by atomic mass is 79.9. The largest absolute Gasteiger partial charge is 0.323 e. The second kappa shape index (κ2) is 8.24. The number of hydrogen-bond acceptors (Lipinski definition) is 3. The van der Waals surface area contributed by atoms with Crippen molar-refractivity contribution in [2.75, 3.05) is 5.32 Å². The highest BCUT2D eigenvalue weighted by Crippen LogP contribution is 2.32. The number of hydrogen-bond donors (Lipinski definition) is 2. The molecular weight excluding hydrogens is 475 g/mol. The lowest BCUT2D eigenvalue weighted by molar-refractivity contribution is -0.117. The Hall–Kier alpha value is -0.830. The topological polar surface area (TPSA) is 75.3 Å². The Kier molecular flexibility index (Phi) is 6.75. The molecule has 0 aromatic heterocycles. The minimum Gasteiger partial charge on any atom is -0.323 e. The summed E-state index contributed by atoms with van der Waals surface area (Å²) < 4.78 is 27.7. The first-order valence-corrected chi connectivity index (χ1v) is 10.2. The summed E-state index contributed by atoms with van der Waals surface area (Å²) in [5.74, 6) is -0.596. The lowest BCUT2D eigenvalue weighted by atomic mass is 10.3. The van der Waals surface area contributed by atoms with Crippen LogP contribution in [0.3, 0.4) is 0 Å². The molecule has 0 saturated heterocycles. The molecule has 2 rings (SSSR count). The first kappa shape index (κ1) is 20.5. The Labute approximate surface area is 168 Å². The van der Waals surface area contributed by atoms with Crippen molar-refractivity contribution >= 4 is 72.4 Å². The summed E-state index contributed by atoms with van der Waals surface area (Å²) in [6.07, 6.45) is 0. The highest BCUT2D eigenvalue weighted by Gasteiger charge is 2.22. The van der Waals surface area contributed by atoms with E-state index >= 15 is 0 Å². The lowest BCUT2D eigenvalue weighted by Crippen LogP contribution is -2.41. The van der Waals surface area contributed by atoms with Crippen LogP contribution in [0.1, 0.15) is 6.92 Å². The Morgan fingerprint density at radius 3 is 2.20 bits per heavy atom. The first-order valence-electron chi connectivity index (χ1n) is 6.83. The molecule has 2 aromatic carbocycles. The van der Waals surface area contributed by atoms with E-state index in [-0.39, 0.29) is 25.7 Å². The van der Waals surface area contributed by atoms with Crippen LogP contribution >= 0.6 is 50.7 Å². The zero-order chi connectivity index (χ0) is 18.8. The van der Waals surface area contributed by atoms with Gasteiger partial charge in [-0.25, -0.2) is 8.42 Å². The average Bonchev–Trinajstić information content (AvgIpc) is 2.52. The van der Waals surface area contributed by atoms with E-state index in [1.165, 1.54) is 31.2 Å². The van der Waals surface area contributed by atoms with Gasteiger partial charge in [-0.15, -0.1) is 0 Å². The molecule has 1 atom stereocenters. The monoisotopic (exact) mass is 484 g/mol. The fourth-order valence-corrected chi connectivity index (χ4v) is 3.89. The van der Waals surface area contributed by atoms with E-state index in [0.29, 0.717) is 0 Å². The molecule has 0 spiro atoms. The molecule has 5 nitrogen and oxygen atoms in total. The third-order valence-electron chi connectivity index (χ3n) is 3.12. The molecule has 25 heavy (non-hydrogen) atoms. The van der Waals surface area contributed by atoms with E-state index in [1.54, 1.807) is 12.1 Å². The molecule has 134 valence electrons. The molecule has 0 fully saturated rings. The van der Waals surface area contributed by atoms with E-state index in [9.17, 15) is 13.2 Å². The molecule has 0 aliphatic rings. The number of carbonyl (C=O) groups excluding carboxylic acids is 1. The average molecular weight is 487 g/mol. The summed E-state index contributed by atoms with van der Waals surface area (Å²) in [6.45, 7) is 1.41. The van der Waals surface area contributed by atoms with Crippen LogP contribution in [0.2, 0.25) is 15.1 Å². The third-order valence-corrected chi connectivity index (χ3v) is 6.24. The van der Waals surface area contributed by atoms with Crippen molar-refractivity contribution in [3.05, 3.63) is 55.9 Å². The maximum atomic E-state index is 12.3. The molecular formula is C15H12BrCl3N2O3S. The molecule has 0 aliphatic heterocycles. The van der Waals surface area contributed by atoms with Gasteiger partial charge in [0.15, 0.2) is 0 Å². The number of benzene rings is 2. The van der Waals surface area contributed by atoms with E-state index in [1.807, 2.05) is 0 Å². The number of carbonyl (C=O) groups is 1. The van der Waals surface area contributed by atoms with Crippen LogP contribution in [0.25, 0.3) is 0 Å². The molecule has 0 heterocycles. The molecule has 10 heteroatoms. The predicted octanol–water partition coefficient (Wildman–Crippen LogP) is 4.71. The standard InChI is InChI=1S/C15H12BrCl3N2O3S/c1-8(21-25(23,24)10-4-2-9(16)3-5-10)15(22)20-14-7-12(18)11(17)6-13(14)19/h2-8,21H,1H3,(H,20,22)/t8-/m0/s1. The van der Waals surface area contributed by atoms with Crippen LogP contribution in [0.4, 0.5) is 5.69 Å². The first-order chi connectivity index (χ1) is 11.6. The minimum absolute atomic E-state index is 0.0444. The second-order valence-corrected chi connectivity index (χ2v) is 8.88. The molecule has 0 aliphatic carbocycles. The van der Waals surface area contributed by atoms with Gasteiger partial charge in [-0.3, -0.25) is 4.79 Å². The van der Waals surface area contributed by atoms with Crippen molar-refractivity contribution in [2.45, 2.75) is 17.9 Å². The van der Waals surface area contributed by atoms with Gasteiger partial charge in [0.2, 0.25) is 15.9 Å². The summed E-state index contributed by atoms with van der Waals surface area (Å²) in [5, 5.41) is 3.16. The lowest BCUT2D eigenvalue weighted by Gasteiger charge is -2.15. The van der Waals surface area contributed by atoms with Crippen molar-refractivity contribution in [1.82, 2.24) is 4.72 Å². The molecule has 0 bridgehead atoms. The van der Waals surface area contributed by atoms with Crippen molar-refractivity contribution in [3.8, 4) is 0 Å². The summed E-state index contributed by atoms with van der Waals surface area (Å²) in [4.78, 5) is 12.3. The molecule has 0 radical (unpaired) electrons. The number of sulfonamides is 1. The van der Waals surface area contributed by atoms with Gasteiger partial charge in [-0.05, 0) is 43.3 Å². The summed E-state index contributed by atoms with van der Waals surface area (Å²) in [7, 11) is -3.85. The second-order valence-electron chi connectivity index (χ2n) is 5.03. The Morgan fingerprint density at radius 2 is 1.60 bits per heavy atom. The zero-order valence-electron chi connectivity index (χ0n) is 12.7. The molecule has 0 unspecified atom stereocenters. The smallest absolute Gasteiger partial charge is 0.242 e. The summed E-state index contributed by atoms with van der Waals surface area (Å²) >= 11 is 20.9. The number of rotatable bonds is 5. The van der Waals surface area contributed by atoms with Crippen LogP contribution in [-0.4, -0.2) is 20.4 Å². The predicted molar refractivity (Wildman–Crippen MR) is 104 cm³/mol. The van der Waals surface area contributed by atoms with Gasteiger partial charge in [0.25, 0.3) is 0 Å². The van der Waals surface area contributed by atoms with E-state index < -0.39 is 22.0 Å². The Morgan fingerprint density at radius 1 is 1.04 bits per heavy atom. The maximum Gasteiger partial charge on any atom is 0.242 e. The van der Waals surface area contributed by atoms with Gasteiger partial charge < -0.3 is 5.32 Å². The Balaban J connectivity index is 2.12. The van der Waals surface area contributed by atoms with E-state index in [4.69, 9.17) is 34.8 Å². The maximum absolute atomic E-state index is 12.3. The van der Waals surface area contributed by atoms with Crippen LogP contribution in [0.15, 0.2) is 45.8 Å². The van der Waals surface area contributed by atoms with Gasteiger partial charge in [-0.1, -0.05) is 50.7 Å². The van der Waals surface area contributed by atoms with Crippen molar-refractivity contribution in [2.24, 2.45) is 0 Å². The van der Waals surface area contributed by atoms with Gasteiger partial charge in [0.1, 0.15) is 0 Å². The normalized spacial score (nSPS) is 12.7. The van der Waals surface area contributed by atoms with Crippen molar-refractivity contribution in [3.63, 3.8) is 0 Å².